The van der Waals surface area contributed by atoms with Crippen molar-refractivity contribution in [3.8, 4) is 11.8 Å². The molecule has 6 heteroatoms. The van der Waals surface area contributed by atoms with Crippen LogP contribution in [0.25, 0.3) is 11.0 Å². The molecule has 0 amide bonds. The normalized spacial score (nSPS) is 23.0. The molecule has 2 aromatic heterocycles. The zero-order valence-corrected chi connectivity index (χ0v) is 11.3. The molecule has 0 saturated heterocycles. The van der Waals surface area contributed by atoms with Crippen LogP contribution in [0.3, 0.4) is 0 Å². The van der Waals surface area contributed by atoms with Crippen LogP contribution in [0.2, 0.25) is 0 Å². The summed E-state index contributed by atoms with van der Waals surface area (Å²) in [5.74, 6) is 0.939. The van der Waals surface area contributed by atoms with Gasteiger partial charge in [-0.2, -0.15) is 4.68 Å². The summed E-state index contributed by atoms with van der Waals surface area (Å²) in [7, 11) is 0. The lowest BCUT2D eigenvalue weighted by Gasteiger charge is -2.09. The van der Waals surface area contributed by atoms with Gasteiger partial charge in [-0.1, -0.05) is 12.1 Å². The van der Waals surface area contributed by atoms with E-state index < -0.39 is 0 Å². The number of aromatic hydroxyl groups is 2. The van der Waals surface area contributed by atoms with E-state index in [1.807, 2.05) is 24.3 Å². The number of nitrogens with zero attached hydrogens (tertiary/aromatic N) is 4. The molecule has 0 spiro atoms. The minimum absolute atomic E-state index is 0.102. The molecule has 0 aliphatic heterocycles. The van der Waals surface area contributed by atoms with Crippen molar-refractivity contribution in [1.82, 2.24) is 19.8 Å². The maximum absolute atomic E-state index is 10.6. The van der Waals surface area contributed by atoms with Gasteiger partial charge in [0.05, 0.1) is 0 Å². The number of benzene rings is 1. The van der Waals surface area contributed by atoms with Crippen LogP contribution in [0.1, 0.15) is 42.2 Å². The second-order valence-electron chi connectivity index (χ2n) is 5.96. The average Bonchev–Trinajstić information content (AvgIpc) is 3.23. The van der Waals surface area contributed by atoms with Crippen molar-refractivity contribution in [1.29, 1.82) is 0 Å². The predicted octanol–water partition coefficient (Wildman–Crippen LogP) is 2.32. The Morgan fingerprint density at radius 1 is 1.00 bits per heavy atom. The van der Waals surface area contributed by atoms with Crippen LogP contribution in [0.4, 0.5) is 0 Å². The quantitative estimate of drug-likeness (QED) is 0.718. The van der Waals surface area contributed by atoms with Gasteiger partial charge in [-0.15, -0.1) is 9.89 Å². The van der Waals surface area contributed by atoms with E-state index in [9.17, 15) is 10.2 Å². The molecule has 5 rings (SSSR count). The Kier molecular flexibility index (Phi) is 1.91. The van der Waals surface area contributed by atoms with E-state index in [1.165, 1.54) is 9.47 Å². The fraction of sp³-hybridized carbons (Fsp3) is 0.333. The third kappa shape index (κ3) is 1.23. The summed E-state index contributed by atoms with van der Waals surface area (Å²) in [4.78, 5) is 1.47. The van der Waals surface area contributed by atoms with Gasteiger partial charge in [0.15, 0.2) is 0 Å². The second kappa shape index (κ2) is 3.58. The monoisotopic (exact) mass is 282 g/mol. The number of hydrogen-bond acceptors (Lipinski definition) is 4. The molecule has 106 valence electrons. The van der Waals surface area contributed by atoms with Crippen LogP contribution >= 0.6 is 0 Å². The number of fused-ring (bicyclic) bond motifs is 6. The first-order valence-corrected chi connectivity index (χ1v) is 7.23. The molecule has 2 bridgehead atoms. The van der Waals surface area contributed by atoms with Gasteiger partial charge < -0.3 is 10.2 Å². The lowest BCUT2D eigenvalue weighted by molar-refractivity contribution is 0.336. The van der Waals surface area contributed by atoms with Gasteiger partial charge in [-0.05, 0) is 48.4 Å². The van der Waals surface area contributed by atoms with Crippen molar-refractivity contribution in [2.75, 3.05) is 0 Å². The molecule has 1 aromatic carbocycles. The van der Waals surface area contributed by atoms with Gasteiger partial charge in [0.2, 0.25) is 11.8 Å². The lowest BCUT2D eigenvalue weighted by atomic mass is 9.95. The summed E-state index contributed by atoms with van der Waals surface area (Å²) < 4.78 is 1.38. The summed E-state index contributed by atoms with van der Waals surface area (Å²) in [6, 6.07) is 7.50. The molecule has 2 aliphatic carbocycles. The first-order chi connectivity index (χ1) is 10.3. The summed E-state index contributed by atoms with van der Waals surface area (Å²) >= 11 is 0. The summed E-state index contributed by atoms with van der Waals surface area (Å²) in [6.07, 6.45) is 3.23. The van der Waals surface area contributed by atoms with Crippen LogP contribution in [0.5, 0.6) is 11.8 Å². The second-order valence-corrected chi connectivity index (χ2v) is 5.96. The number of rotatable bonds is 1. The Morgan fingerprint density at radius 3 is 2.38 bits per heavy atom. The maximum atomic E-state index is 10.6. The molecule has 21 heavy (non-hydrogen) atoms. The topological polar surface area (TPSA) is 76.1 Å². The molecule has 1 fully saturated rings. The minimum Gasteiger partial charge on any atom is -0.493 e. The summed E-state index contributed by atoms with van der Waals surface area (Å²) in [5, 5.41) is 29.4. The fourth-order valence-electron chi connectivity index (χ4n) is 4.06. The smallest absolute Gasteiger partial charge is 0.219 e. The third-order valence-corrected chi connectivity index (χ3v) is 4.95. The Morgan fingerprint density at radius 2 is 1.67 bits per heavy atom. The van der Waals surface area contributed by atoms with Crippen molar-refractivity contribution in [3.05, 3.63) is 35.4 Å². The first-order valence-electron chi connectivity index (χ1n) is 7.23. The molecular weight excluding hydrogens is 268 g/mol. The first kappa shape index (κ1) is 11.2. The van der Waals surface area contributed by atoms with Crippen LogP contribution in [-0.4, -0.2) is 30.0 Å². The van der Waals surface area contributed by atoms with Gasteiger partial charge in [-0.25, -0.2) is 0 Å². The van der Waals surface area contributed by atoms with E-state index in [1.54, 1.807) is 0 Å². The Bertz CT molecular complexity index is 846. The molecule has 2 N–H and O–H groups in total. The molecule has 6 nitrogen and oxygen atoms in total. The predicted molar refractivity (Wildman–Crippen MR) is 75.4 cm³/mol. The highest BCUT2D eigenvalue weighted by Gasteiger charge is 2.44. The van der Waals surface area contributed by atoms with E-state index in [4.69, 9.17) is 0 Å². The van der Waals surface area contributed by atoms with E-state index in [0.29, 0.717) is 11.8 Å². The zero-order chi connectivity index (χ0) is 14.1. The maximum Gasteiger partial charge on any atom is 0.219 e. The molecule has 0 radical (unpaired) electrons. The fourth-order valence-corrected chi connectivity index (χ4v) is 4.06. The Labute approximate surface area is 120 Å². The molecule has 2 aliphatic rings. The number of aromatic nitrogens is 4. The van der Waals surface area contributed by atoms with Crippen molar-refractivity contribution in [3.63, 3.8) is 0 Å². The van der Waals surface area contributed by atoms with Crippen LogP contribution in [0.15, 0.2) is 24.3 Å². The molecule has 0 unspecified atom stereocenters. The van der Waals surface area contributed by atoms with Gasteiger partial charge in [-0.3, -0.25) is 0 Å². The van der Waals surface area contributed by atoms with Gasteiger partial charge in [0.25, 0.3) is 0 Å². The van der Waals surface area contributed by atoms with Crippen LogP contribution in [0, 0.1) is 0 Å². The molecule has 2 atom stereocenters. The van der Waals surface area contributed by atoms with E-state index in [-0.39, 0.29) is 11.8 Å². The van der Waals surface area contributed by atoms with Crippen molar-refractivity contribution in [2.24, 2.45) is 0 Å². The highest BCUT2D eigenvalue weighted by Crippen LogP contribution is 2.59. The third-order valence-electron chi connectivity index (χ3n) is 4.95. The minimum atomic E-state index is 0.102. The SMILES string of the molecule is Oc1c2c(c(O)n1-n1nnc3ccccc31)[C@H]1CC[C@@H]2C1. The average molecular weight is 282 g/mol. The molecule has 3 aromatic rings. The number of hydrogen-bond donors (Lipinski definition) is 2. The van der Waals surface area contributed by atoms with Gasteiger partial charge >= 0.3 is 0 Å². The van der Waals surface area contributed by atoms with E-state index in [0.717, 1.165) is 41.4 Å². The standard InChI is InChI=1S/C15H14N4O2/c20-14-12-8-5-6-9(7-8)13(12)15(21)18(14)19-11-4-2-1-3-10(11)16-17-19/h1-4,8-9,20-21H,5-7H2/t8-,9+. The molecule has 1 saturated carbocycles. The van der Waals surface area contributed by atoms with Crippen LogP contribution in [-0.2, 0) is 0 Å². The van der Waals surface area contributed by atoms with Crippen molar-refractivity contribution in [2.45, 2.75) is 31.1 Å². The van der Waals surface area contributed by atoms with Crippen molar-refractivity contribution < 1.29 is 10.2 Å². The molecular formula is C15H14N4O2. The number of para-hydroxylation sites is 1. The van der Waals surface area contributed by atoms with E-state index >= 15 is 0 Å². The van der Waals surface area contributed by atoms with E-state index in [2.05, 4.69) is 10.3 Å². The Hall–Kier alpha value is -2.50. The van der Waals surface area contributed by atoms with Gasteiger partial charge in [0.1, 0.15) is 11.0 Å². The largest absolute Gasteiger partial charge is 0.493 e. The highest BCUT2D eigenvalue weighted by atomic mass is 16.3. The highest BCUT2D eigenvalue weighted by molar-refractivity contribution is 5.74. The summed E-state index contributed by atoms with van der Waals surface area (Å²) in [6.45, 7) is 0. The van der Waals surface area contributed by atoms with Crippen molar-refractivity contribution >= 4 is 11.0 Å². The lowest BCUT2D eigenvalue weighted by Crippen LogP contribution is -2.10. The van der Waals surface area contributed by atoms with Gasteiger partial charge in [0, 0.05) is 11.1 Å². The summed E-state index contributed by atoms with van der Waals surface area (Å²) in [5.41, 5.74) is 3.30. The molecule has 2 heterocycles. The zero-order valence-electron chi connectivity index (χ0n) is 11.3. The van der Waals surface area contributed by atoms with Crippen LogP contribution < -0.4 is 0 Å². The Balaban J connectivity index is 1.82.